The Kier molecular flexibility index (Phi) is 4.40. The maximum Gasteiger partial charge on any atom is 0.220 e. The van der Waals surface area contributed by atoms with Crippen molar-refractivity contribution in [3.05, 3.63) is 0 Å². The predicted octanol–water partition coefficient (Wildman–Crippen LogP) is 1.44. The Labute approximate surface area is 84.0 Å². The highest BCUT2D eigenvalue weighted by Gasteiger charge is 2.34. The Hall–Kier alpha value is -0.570. The van der Waals surface area contributed by atoms with Crippen molar-refractivity contribution >= 4 is 23.3 Å². The molecule has 0 rings (SSSR count). The number of carbonyl (C=O) groups is 2. The molecule has 0 aromatic heterocycles. The number of hydrogen-bond donors (Lipinski definition) is 0. The van der Waals surface area contributed by atoms with Crippen LogP contribution < -0.4 is 0 Å². The summed E-state index contributed by atoms with van der Waals surface area (Å²) in [6.45, 7) is 7.23. The second kappa shape index (κ2) is 4.61. The summed E-state index contributed by atoms with van der Waals surface area (Å²) in [5.41, 5.74) is -0.789. The van der Waals surface area contributed by atoms with E-state index in [2.05, 4.69) is 0 Å². The number of hydrogen-bond acceptors (Lipinski definition) is 2. The highest BCUT2D eigenvalue weighted by molar-refractivity contribution is 6.29. The van der Waals surface area contributed by atoms with Gasteiger partial charge in [-0.1, -0.05) is 0 Å². The Morgan fingerprint density at radius 1 is 1.38 bits per heavy atom. The second-order valence-corrected chi connectivity index (χ2v) is 3.65. The number of nitrogens with zero attached hydrogens (tertiary/aromatic N) is 1. The van der Waals surface area contributed by atoms with Crippen LogP contribution in [0.5, 0.6) is 0 Å². The van der Waals surface area contributed by atoms with Crippen molar-refractivity contribution in [2.45, 2.75) is 33.2 Å². The van der Waals surface area contributed by atoms with Gasteiger partial charge in [-0.05, 0) is 20.8 Å². The summed E-state index contributed by atoms with van der Waals surface area (Å²) in [4.78, 5) is 24.1. The maximum absolute atomic E-state index is 11.4. The van der Waals surface area contributed by atoms with Gasteiger partial charge >= 0.3 is 0 Å². The number of amides is 1. The first-order valence-electron chi connectivity index (χ1n) is 4.25. The van der Waals surface area contributed by atoms with Gasteiger partial charge in [-0.25, -0.2) is 0 Å². The third kappa shape index (κ3) is 2.69. The van der Waals surface area contributed by atoms with Gasteiger partial charge in [0.1, 0.15) is 0 Å². The molecule has 0 N–H and O–H groups in total. The summed E-state index contributed by atoms with van der Waals surface area (Å²) >= 11 is 5.45. The molecule has 76 valence electrons. The van der Waals surface area contributed by atoms with Gasteiger partial charge in [-0.3, -0.25) is 9.59 Å². The van der Waals surface area contributed by atoms with E-state index in [4.69, 9.17) is 11.6 Å². The third-order valence-corrected chi connectivity index (χ3v) is 2.42. The summed E-state index contributed by atoms with van der Waals surface area (Å²) < 4.78 is 0. The maximum atomic E-state index is 11.4. The monoisotopic (exact) mass is 205 g/mol. The standard InChI is InChI=1S/C9H16ClNO2/c1-5-11(7(2)12)9(3,4)8(13)6-10/h5-6H2,1-4H3. The van der Waals surface area contributed by atoms with Crippen LogP contribution in [0.1, 0.15) is 27.7 Å². The lowest BCUT2D eigenvalue weighted by atomic mass is 9.97. The van der Waals surface area contributed by atoms with Gasteiger partial charge in [0.25, 0.3) is 0 Å². The summed E-state index contributed by atoms with van der Waals surface area (Å²) in [5.74, 6) is -0.297. The number of likely N-dealkylation sites (N-methyl/N-ethyl adjacent to an activating group) is 1. The highest BCUT2D eigenvalue weighted by atomic mass is 35.5. The molecule has 0 saturated carbocycles. The molecule has 4 heteroatoms. The summed E-state index contributed by atoms with van der Waals surface area (Å²) in [6.07, 6.45) is 0. The molecule has 0 aromatic carbocycles. The Bertz CT molecular complexity index is 214. The lowest BCUT2D eigenvalue weighted by Crippen LogP contribution is -2.52. The van der Waals surface area contributed by atoms with Crippen LogP contribution in [0.4, 0.5) is 0 Å². The molecular formula is C9H16ClNO2. The minimum absolute atomic E-state index is 0.0587. The van der Waals surface area contributed by atoms with Gasteiger partial charge in [0.2, 0.25) is 5.91 Å². The summed E-state index contributed by atoms with van der Waals surface area (Å²) in [6, 6.07) is 0. The number of ketones is 1. The molecule has 0 aromatic rings. The fourth-order valence-electron chi connectivity index (χ4n) is 1.33. The normalized spacial score (nSPS) is 11.2. The van der Waals surface area contributed by atoms with Crippen molar-refractivity contribution in [1.29, 1.82) is 0 Å². The van der Waals surface area contributed by atoms with E-state index in [1.165, 1.54) is 11.8 Å². The first kappa shape index (κ1) is 12.4. The number of alkyl halides is 1. The molecule has 1 amide bonds. The molecule has 0 unspecified atom stereocenters. The second-order valence-electron chi connectivity index (χ2n) is 3.38. The Balaban J connectivity index is 4.76. The molecule has 0 spiro atoms. The lowest BCUT2D eigenvalue weighted by molar-refractivity contribution is -0.141. The first-order valence-corrected chi connectivity index (χ1v) is 4.78. The van der Waals surface area contributed by atoms with E-state index in [-0.39, 0.29) is 17.6 Å². The summed E-state index contributed by atoms with van der Waals surface area (Å²) in [7, 11) is 0. The molecule has 0 radical (unpaired) electrons. The molecule has 0 aliphatic carbocycles. The van der Waals surface area contributed by atoms with Crippen LogP contribution in [-0.4, -0.2) is 34.6 Å². The number of Topliss-reactive ketones (excluding diaryl/α,β-unsaturated/α-hetero) is 1. The van der Waals surface area contributed by atoms with Crippen LogP contribution in [0.2, 0.25) is 0 Å². The van der Waals surface area contributed by atoms with Gasteiger partial charge in [-0.15, -0.1) is 11.6 Å². The van der Waals surface area contributed by atoms with Crippen LogP contribution in [0.3, 0.4) is 0 Å². The predicted molar refractivity (Wildman–Crippen MR) is 52.9 cm³/mol. The van der Waals surface area contributed by atoms with E-state index < -0.39 is 5.54 Å². The number of halogens is 1. The van der Waals surface area contributed by atoms with E-state index in [1.807, 2.05) is 6.92 Å². The summed E-state index contributed by atoms with van der Waals surface area (Å²) in [5, 5.41) is 0. The molecule has 0 saturated heterocycles. The van der Waals surface area contributed by atoms with Crippen molar-refractivity contribution in [1.82, 2.24) is 4.90 Å². The molecule has 3 nitrogen and oxygen atoms in total. The highest BCUT2D eigenvalue weighted by Crippen LogP contribution is 2.16. The van der Waals surface area contributed by atoms with Gasteiger partial charge in [0, 0.05) is 13.5 Å². The molecule has 0 atom stereocenters. The molecule has 0 aliphatic heterocycles. The van der Waals surface area contributed by atoms with Crippen molar-refractivity contribution in [2.75, 3.05) is 12.4 Å². The van der Waals surface area contributed by atoms with Crippen molar-refractivity contribution in [2.24, 2.45) is 0 Å². The van der Waals surface area contributed by atoms with E-state index in [9.17, 15) is 9.59 Å². The zero-order chi connectivity index (χ0) is 10.6. The molecule has 0 bridgehead atoms. The van der Waals surface area contributed by atoms with Gasteiger partial charge < -0.3 is 4.90 Å². The minimum atomic E-state index is -0.789. The fraction of sp³-hybridized carbons (Fsp3) is 0.778. The molecule has 0 aliphatic rings. The smallest absolute Gasteiger partial charge is 0.220 e. The van der Waals surface area contributed by atoms with Gasteiger partial charge in [0.05, 0.1) is 11.4 Å². The zero-order valence-electron chi connectivity index (χ0n) is 8.56. The van der Waals surface area contributed by atoms with Crippen molar-refractivity contribution in [3.8, 4) is 0 Å². The van der Waals surface area contributed by atoms with Crippen LogP contribution >= 0.6 is 11.6 Å². The number of rotatable bonds is 4. The number of carbonyl (C=O) groups excluding carboxylic acids is 2. The van der Waals surface area contributed by atoms with Gasteiger partial charge in [0.15, 0.2) is 5.78 Å². The van der Waals surface area contributed by atoms with Crippen LogP contribution in [0.15, 0.2) is 0 Å². The average Bonchev–Trinajstić information content (AvgIpc) is 2.02. The third-order valence-electron chi connectivity index (χ3n) is 2.17. The fourth-order valence-corrected chi connectivity index (χ4v) is 1.65. The minimum Gasteiger partial charge on any atom is -0.331 e. The van der Waals surface area contributed by atoms with Crippen LogP contribution in [0.25, 0.3) is 0 Å². The Morgan fingerprint density at radius 3 is 2.08 bits per heavy atom. The molecule has 0 fully saturated rings. The van der Waals surface area contributed by atoms with Crippen molar-refractivity contribution in [3.63, 3.8) is 0 Å². The lowest BCUT2D eigenvalue weighted by Gasteiger charge is -2.35. The largest absolute Gasteiger partial charge is 0.331 e. The zero-order valence-corrected chi connectivity index (χ0v) is 9.31. The molecule has 0 heterocycles. The van der Waals surface area contributed by atoms with E-state index in [0.717, 1.165) is 0 Å². The van der Waals surface area contributed by atoms with E-state index in [1.54, 1.807) is 13.8 Å². The topological polar surface area (TPSA) is 37.4 Å². The quantitative estimate of drug-likeness (QED) is 0.652. The molecular weight excluding hydrogens is 190 g/mol. The Morgan fingerprint density at radius 2 is 1.85 bits per heavy atom. The van der Waals surface area contributed by atoms with Crippen molar-refractivity contribution < 1.29 is 9.59 Å². The van der Waals surface area contributed by atoms with Gasteiger partial charge in [-0.2, -0.15) is 0 Å². The SMILES string of the molecule is CCN(C(C)=O)C(C)(C)C(=O)CCl. The first-order chi connectivity index (χ1) is 5.87. The van der Waals surface area contributed by atoms with E-state index >= 15 is 0 Å². The van der Waals surface area contributed by atoms with Crippen LogP contribution in [-0.2, 0) is 9.59 Å². The van der Waals surface area contributed by atoms with Crippen LogP contribution in [0, 0.1) is 0 Å². The van der Waals surface area contributed by atoms with E-state index in [0.29, 0.717) is 6.54 Å². The molecule has 13 heavy (non-hydrogen) atoms. The average molecular weight is 206 g/mol.